The fraction of sp³-hybridized carbons (Fsp3) is 0. The van der Waals surface area contributed by atoms with Crippen LogP contribution in [0.15, 0.2) is 108 Å². The fourth-order valence-electron chi connectivity index (χ4n) is 3.98. The fourth-order valence-corrected chi connectivity index (χ4v) is 5.94. The zero-order valence-electron chi connectivity index (χ0n) is 19.8. The minimum atomic E-state index is -0.527. The predicted molar refractivity (Wildman–Crippen MR) is 167 cm³/mol. The lowest BCUT2D eigenvalue weighted by Crippen LogP contribution is -2.19. The molecule has 2 N–H and O–H groups in total. The Morgan fingerprint density at radius 1 is 0.821 bits per heavy atom. The van der Waals surface area contributed by atoms with Crippen LogP contribution in [0.5, 0.6) is 5.75 Å². The van der Waals surface area contributed by atoms with Crippen molar-refractivity contribution in [1.82, 2.24) is 10.4 Å². The van der Waals surface area contributed by atoms with E-state index >= 15 is 0 Å². The van der Waals surface area contributed by atoms with Crippen LogP contribution in [0.4, 0.5) is 0 Å². The number of aromatic amines is 1. The van der Waals surface area contributed by atoms with Crippen molar-refractivity contribution in [3.05, 3.63) is 120 Å². The normalized spacial score (nSPS) is 11.2. The lowest BCUT2D eigenvalue weighted by atomic mass is 10.0. The van der Waals surface area contributed by atoms with Crippen molar-refractivity contribution in [2.24, 2.45) is 5.10 Å². The molecule has 0 aliphatic carbocycles. The van der Waals surface area contributed by atoms with Crippen LogP contribution >= 0.6 is 63.7 Å². The summed E-state index contributed by atoms with van der Waals surface area (Å²) >= 11 is 13.8. The molecule has 5 rings (SSSR count). The molecular weight excluding hydrogens is 758 g/mol. The zero-order chi connectivity index (χ0) is 27.5. The topological polar surface area (TPSA) is 83.5 Å². The quantitative estimate of drug-likeness (QED) is 0.0783. The molecule has 5 aromatic rings. The van der Waals surface area contributed by atoms with Gasteiger partial charge in [0, 0.05) is 35.4 Å². The number of amides is 1. The summed E-state index contributed by atoms with van der Waals surface area (Å²) in [6.45, 7) is 0. The van der Waals surface area contributed by atoms with Gasteiger partial charge in [0.25, 0.3) is 5.91 Å². The molecule has 0 aliphatic heterocycles. The monoisotopic (exact) mass is 771 g/mol. The van der Waals surface area contributed by atoms with Crippen LogP contribution in [0.3, 0.4) is 0 Å². The summed E-state index contributed by atoms with van der Waals surface area (Å²) in [4.78, 5) is 29.3. The Hall–Kier alpha value is -3.05. The first-order chi connectivity index (χ1) is 18.8. The van der Waals surface area contributed by atoms with E-state index < -0.39 is 11.9 Å². The van der Waals surface area contributed by atoms with E-state index in [1.54, 1.807) is 36.4 Å². The van der Waals surface area contributed by atoms with E-state index in [1.807, 2.05) is 48.5 Å². The molecule has 194 valence electrons. The van der Waals surface area contributed by atoms with Gasteiger partial charge in [0.15, 0.2) is 5.75 Å². The van der Waals surface area contributed by atoms with Gasteiger partial charge in [-0.1, -0.05) is 78.1 Å². The Balaban J connectivity index is 1.43. The highest BCUT2D eigenvalue weighted by Gasteiger charge is 2.20. The molecule has 0 saturated carbocycles. The molecule has 4 aromatic carbocycles. The van der Waals surface area contributed by atoms with E-state index in [-0.39, 0.29) is 5.75 Å². The van der Waals surface area contributed by atoms with Crippen molar-refractivity contribution in [3.8, 4) is 16.9 Å². The second-order valence-electron chi connectivity index (χ2n) is 8.33. The summed E-state index contributed by atoms with van der Waals surface area (Å²) in [7, 11) is 0. The first-order valence-corrected chi connectivity index (χ1v) is 14.6. The number of H-pyrrole nitrogens is 1. The van der Waals surface area contributed by atoms with E-state index in [0.717, 1.165) is 35.4 Å². The van der Waals surface area contributed by atoms with Gasteiger partial charge in [-0.3, -0.25) is 4.79 Å². The van der Waals surface area contributed by atoms with Crippen molar-refractivity contribution in [2.75, 3.05) is 0 Å². The number of rotatable bonds is 6. The molecule has 0 atom stereocenters. The Morgan fingerprint density at radius 3 is 2.28 bits per heavy atom. The number of nitrogens with one attached hydrogen (secondary N) is 2. The largest absolute Gasteiger partial charge is 0.421 e. The SMILES string of the molecule is O=C(Oc1c(Br)cc(Br)cc1C=NNC(=O)c1[nH]c2ccc(Br)cc2c1-c1ccccc1)c1ccc(Br)cc1. The summed E-state index contributed by atoms with van der Waals surface area (Å²) in [5, 5.41) is 5.09. The molecule has 0 unspecified atom stereocenters. The van der Waals surface area contributed by atoms with Crippen LogP contribution < -0.4 is 10.2 Å². The number of nitrogens with zero attached hydrogens (tertiary/aromatic N) is 1. The second kappa shape index (κ2) is 12.0. The smallest absolute Gasteiger partial charge is 0.343 e. The van der Waals surface area contributed by atoms with Gasteiger partial charge in [-0.05, 0) is 76.1 Å². The number of ether oxygens (including phenoxy) is 1. The van der Waals surface area contributed by atoms with E-state index in [9.17, 15) is 9.59 Å². The number of hydrazone groups is 1. The van der Waals surface area contributed by atoms with E-state index in [1.165, 1.54) is 6.21 Å². The summed E-state index contributed by atoms with van der Waals surface area (Å²) in [6, 6.07) is 25.8. The van der Waals surface area contributed by atoms with E-state index in [0.29, 0.717) is 21.3 Å². The summed E-state index contributed by atoms with van der Waals surface area (Å²) < 4.78 is 8.73. The minimum absolute atomic E-state index is 0.268. The Kier molecular flexibility index (Phi) is 8.46. The standard InChI is InChI=1S/C29H17Br4N3O3/c30-19-8-6-17(7-9-19)29(38)39-27-18(12-21(32)14-23(27)33)15-34-36-28(37)26-25(16-4-2-1-3-5-16)22-13-20(31)10-11-24(22)35-26/h1-15,35H,(H,36,37). The molecule has 0 spiro atoms. The first kappa shape index (κ1) is 27.5. The number of carbonyl (C=O) groups excluding carboxylic acids is 2. The lowest BCUT2D eigenvalue weighted by molar-refractivity contribution is 0.0733. The maximum atomic E-state index is 13.3. The van der Waals surface area contributed by atoms with Crippen LogP contribution in [-0.2, 0) is 0 Å². The average Bonchev–Trinajstić information content (AvgIpc) is 3.30. The predicted octanol–water partition coefficient (Wildman–Crippen LogP) is 8.87. The highest BCUT2D eigenvalue weighted by Crippen LogP contribution is 2.35. The molecular formula is C29H17Br4N3O3. The lowest BCUT2D eigenvalue weighted by Gasteiger charge is -2.11. The third-order valence-electron chi connectivity index (χ3n) is 5.73. The summed E-state index contributed by atoms with van der Waals surface area (Å²) in [5.41, 5.74) is 6.34. The third kappa shape index (κ3) is 6.24. The molecule has 39 heavy (non-hydrogen) atoms. The van der Waals surface area contributed by atoms with Gasteiger partial charge in [-0.2, -0.15) is 5.10 Å². The van der Waals surface area contributed by atoms with Gasteiger partial charge < -0.3 is 9.72 Å². The molecule has 1 amide bonds. The van der Waals surface area contributed by atoms with Gasteiger partial charge in [0.1, 0.15) is 5.69 Å². The molecule has 6 nitrogen and oxygen atoms in total. The first-order valence-electron chi connectivity index (χ1n) is 11.5. The third-order valence-corrected chi connectivity index (χ3v) is 7.80. The van der Waals surface area contributed by atoms with Crippen molar-refractivity contribution in [1.29, 1.82) is 0 Å². The van der Waals surface area contributed by atoms with Crippen LogP contribution in [-0.4, -0.2) is 23.1 Å². The Morgan fingerprint density at radius 2 is 1.54 bits per heavy atom. The average molecular weight is 775 g/mol. The molecule has 0 bridgehead atoms. The zero-order valence-corrected chi connectivity index (χ0v) is 26.2. The number of esters is 1. The number of halogens is 4. The van der Waals surface area contributed by atoms with Crippen LogP contribution in [0.25, 0.3) is 22.0 Å². The van der Waals surface area contributed by atoms with Crippen LogP contribution in [0.1, 0.15) is 26.4 Å². The molecule has 0 saturated heterocycles. The molecule has 1 aromatic heterocycles. The minimum Gasteiger partial charge on any atom is -0.421 e. The summed E-state index contributed by atoms with van der Waals surface area (Å²) in [5.74, 6) is -0.676. The van der Waals surface area contributed by atoms with Crippen molar-refractivity contribution >= 4 is 92.7 Å². The molecule has 0 fully saturated rings. The molecule has 0 radical (unpaired) electrons. The van der Waals surface area contributed by atoms with Gasteiger partial charge in [-0.25, -0.2) is 10.2 Å². The van der Waals surface area contributed by atoms with E-state index in [2.05, 4.69) is 79.2 Å². The van der Waals surface area contributed by atoms with Crippen molar-refractivity contribution in [2.45, 2.75) is 0 Å². The number of hydrogen-bond donors (Lipinski definition) is 2. The highest BCUT2D eigenvalue weighted by atomic mass is 79.9. The van der Waals surface area contributed by atoms with Crippen molar-refractivity contribution < 1.29 is 14.3 Å². The number of benzene rings is 4. The number of hydrogen-bond acceptors (Lipinski definition) is 4. The van der Waals surface area contributed by atoms with Crippen molar-refractivity contribution in [3.63, 3.8) is 0 Å². The maximum Gasteiger partial charge on any atom is 0.343 e. The number of carbonyl (C=O) groups is 2. The second-order valence-corrected chi connectivity index (χ2v) is 11.9. The van der Waals surface area contributed by atoms with Crippen LogP contribution in [0, 0.1) is 0 Å². The molecule has 10 heteroatoms. The van der Waals surface area contributed by atoms with Gasteiger partial charge >= 0.3 is 5.97 Å². The van der Waals surface area contributed by atoms with Gasteiger partial charge in [0.2, 0.25) is 0 Å². The number of aromatic nitrogens is 1. The highest BCUT2D eigenvalue weighted by molar-refractivity contribution is 9.11. The Labute approximate surface area is 257 Å². The van der Waals surface area contributed by atoms with E-state index in [4.69, 9.17) is 4.74 Å². The summed E-state index contributed by atoms with van der Waals surface area (Å²) in [6.07, 6.45) is 1.43. The maximum absolute atomic E-state index is 13.3. The van der Waals surface area contributed by atoms with Gasteiger partial charge in [0.05, 0.1) is 16.3 Å². The Bertz CT molecular complexity index is 1730. The van der Waals surface area contributed by atoms with Crippen LogP contribution in [0.2, 0.25) is 0 Å². The van der Waals surface area contributed by atoms with Gasteiger partial charge in [-0.15, -0.1) is 0 Å². The number of fused-ring (bicyclic) bond motifs is 1. The molecule has 0 aliphatic rings. The molecule has 1 heterocycles.